The molecule has 4 amide bonds. The van der Waals surface area contributed by atoms with Gasteiger partial charge < -0.3 is 24.8 Å². The quantitative estimate of drug-likeness (QED) is 0.347. The Labute approximate surface area is 221 Å². The highest BCUT2D eigenvalue weighted by molar-refractivity contribution is 7.14. The van der Waals surface area contributed by atoms with Crippen molar-refractivity contribution in [1.82, 2.24) is 15.2 Å². The van der Waals surface area contributed by atoms with Crippen LogP contribution in [0.4, 0.5) is 9.93 Å². The lowest BCUT2D eigenvalue weighted by molar-refractivity contribution is -0.134. The molecule has 196 valence electrons. The second-order valence-corrected chi connectivity index (χ2v) is 9.51. The molecule has 0 saturated carbocycles. The molecule has 3 aromatic rings. The van der Waals surface area contributed by atoms with Crippen LogP contribution in [0.5, 0.6) is 11.5 Å². The van der Waals surface area contributed by atoms with Gasteiger partial charge in [0.1, 0.15) is 25.3 Å². The average molecular weight is 537 g/mol. The van der Waals surface area contributed by atoms with Crippen LogP contribution in [0.25, 0.3) is 0 Å². The first-order chi connectivity index (χ1) is 18.4. The number of thiazole rings is 1. The standard InChI is InChI=1S/C26H24N4O7S/c1-14(15-6-4-3-5-7-15)21(22(31)29-25-27-17(13-38-25)24(33)35-2)30-23(32)20(28-26(30)34)16-8-9-18-19(12-16)37-11-10-36-18/h3-9,12-14,20-21H,10-11H2,1-2H3,(H,28,34)(H,27,29,31)/t14-,20-,21+/m1/s1. The molecule has 2 N–H and O–H groups in total. The summed E-state index contributed by atoms with van der Waals surface area (Å²) in [6.45, 7) is 2.56. The van der Waals surface area contributed by atoms with Crippen molar-refractivity contribution in [3.8, 4) is 11.5 Å². The number of nitrogens with one attached hydrogen (secondary N) is 2. The van der Waals surface area contributed by atoms with Gasteiger partial charge in [0.25, 0.3) is 5.91 Å². The highest BCUT2D eigenvalue weighted by Gasteiger charge is 2.47. The van der Waals surface area contributed by atoms with Gasteiger partial charge in [-0.3, -0.25) is 9.59 Å². The van der Waals surface area contributed by atoms with Gasteiger partial charge in [-0.05, 0) is 23.3 Å². The number of esters is 1. The molecule has 0 aliphatic carbocycles. The molecule has 0 bridgehead atoms. The fraction of sp³-hybridized carbons (Fsp3) is 0.269. The summed E-state index contributed by atoms with van der Waals surface area (Å²) >= 11 is 1.03. The van der Waals surface area contributed by atoms with E-state index in [0.717, 1.165) is 21.8 Å². The van der Waals surface area contributed by atoms with E-state index >= 15 is 0 Å². The molecule has 0 unspecified atom stereocenters. The number of urea groups is 1. The molecule has 2 aliphatic rings. The van der Waals surface area contributed by atoms with E-state index in [1.807, 2.05) is 30.3 Å². The number of ether oxygens (including phenoxy) is 3. The molecule has 3 atom stereocenters. The summed E-state index contributed by atoms with van der Waals surface area (Å²) in [5.41, 5.74) is 1.30. The Morgan fingerprint density at radius 2 is 1.87 bits per heavy atom. The Morgan fingerprint density at radius 1 is 1.13 bits per heavy atom. The van der Waals surface area contributed by atoms with E-state index in [9.17, 15) is 19.2 Å². The molecule has 0 spiro atoms. The van der Waals surface area contributed by atoms with E-state index in [-0.39, 0.29) is 10.8 Å². The highest BCUT2D eigenvalue weighted by Crippen LogP contribution is 2.36. The minimum atomic E-state index is -1.21. The lowest BCUT2D eigenvalue weighted by Crippen LogP contribution is -2.50. The number of amides is 4. The van der Waals surface area contributed by atoms with Crippen LogP contribution in [0.3, 0.4) is 0 Å². The van der Waals surface area contributed by atoms with Gasteiger partial charge in [0.05, 0.1) is 7.11 Å². The second kappa shape index (κ2) is 10.5. The number of rotatable bonds is 7. The Morgan fingerprint density at radius 3 is 2.61 bits per heavy atom. The van der Waals surface area contributed by atoms with E-state index < -0.39 is 41.8 Å². The van der Waals surface area contributed by atoms with Crippen molar-refractivity contribution in [2.45, 2.75) is 24.9 Å². The first-order valence-corrected chi connectivity index (χ1v) is 12.7. The van der Waals surface area contributed by atoms with E-state index in [2.05, 4.69) is 20.4 Å². The molecule has 1 aromatic heterocycles. The minimum absolute atomic E-state index is 0.0362. The maximum absolute atomic E-state index is 13.7. The number of nitrogens with zero attached hydrogens (tertiary/aromatic N) is 2. The molecule has 3 heterocycles. The second-order valence-electron chi connectivity index (χ2n) is 8.66. The van der Waals surface area contributed by atoms with Crippen LogP contribution in [0, 0.1) is 0 Å². The molecule has 12 heteroatoms. The number of benzene rings is 2. The zero-order chi connectivity index (χ0) is 26.8. The van der Waals surface area contributed by atoms with Crippen molar-refractivity contribution in [2.24, 2.45) is 0 Å². The van der Waals surface area contributed by atoms with Crippen molar-refractivity contribution in [2.75, 3.05) is 25.6 Å². The van der Waals surface area contributed by atoms with Crippen LogP contribution in [-0.4, -0.2) is 60.1 Å². The van der Waals surface area contributed by atoms with Crippen LogP contribution in [-0.2, 0) is 14.3 Å². The third kappa shape index (κ3) is 4.77. The molecule has 0 radical (unpaired) electrons. The Balaban J connectivity index is 1.45. The molecule has 5 rings (SSSR count). The third-order valence-electron chi connectivity index (χ3n) is 6.35. The zero-order valence-electron chi connectivity index (χ0n) is 20.5. The van der Waals surface area contributed by atoms with Gasteiger partial charge in [-0.2, -0.15) is 0 Å². The highest BCUT2D eigenvalue weighted by atomic mass is 32.1. The van der Waals surface area contributed by atoms with E-state index in [4.69, 9.17) is 9.47 Å². The van der Waals surface area contributed by atoms with Crippen molar-refractivity contribution in [1.29, 1.82) is 0 Å². The van der Waals surface area contributed by atoms with E-state index in [1.54, 1.807) is 25.1 Å². The van der Waals surface area contributed by atoms with Gasteiger partial charge in [-0.1, -0.05) is 43.3 Å². The third-order valence-corrected chi connectivity index (χ3v) is 7.10. The Hall–Kier alpha value is -4.45. The van der Waals surface area contributed by atoms with Crippen molar-refractivity contribution in [3.05, 3.63) is 70.7 Å². The molecular weight excluding hydrogens is 512 g/mol. The van der Waals surface area contributed by atoms with Crippen LogP contribution in [0.1, 0.15) is 40.5 Å². The number of carbonyl (C=O) groups excluding carboxylic acids is 4. The maximum Gasteiger partial charge on any atom is 0.357 e. The van der Waals surface area contributed by atoms with E-state index in [1.165, 1.54) is 12.5 Å². The van der Waals surface area contributed by atoms with Gasteiger partial charge >= 0.3 is 12.0 Å². The van der Waals surface area contributed by atoms with E-state index in [0.29, 0.717) is 30.3 Å². The fourth-order valence-electron chi connectivity index (χ4n) is 4.44. The normalized spacial score (nSPS) is 17.9. The van der Waals surface area contributed by atoms with Gasteiger partial charge in [0.15, 0.2) is 22.3 Å². The van der Waals surface area contributed by atoms with Crippen molar-refractivity contribution < 1.29 is 33.4 Å². The predicted molar refractivity (Wildman–Crippen MR) is 136 cm³/mol. The Bertz CT molecular complexity index is 1390. The number of carbonyl (C=O) groups is 4. The van der Waals surface area contributed by atoms with Crippen molar-refractivity contribution in [3.63, 3.8) is 0 Å². The average Bonchev–Trinajstić information content (AvgIpc) is 3.52. The summed E-state index contributed by atoms with van der Waals surface area (Å²) in [7, 11) is 1.23. The topological polar surface area (TPSA) is 136 Å². The molecule has 2 aromatic carbocycles. The summed E-state index contributed by atoms with van der Waals surface area (Å²) in [5.74, 6) is -1.38. The van der Waals surface area contributed by atoms with Crippen molar-refractivity contribution >= 4 is 40.3 Å². The summed E-state index contributed by atoms with van der Waals surface area (Å²) in [6.07, 6.45) is 0. The minimum Gasteiger partial charge on any atom is -0.486 e. The maximum atomic E-state index is 13.7. The molecule has 11 nitrogen and oxygen atoms in total. The number of aromatic nitrogens is 1. The van der Waals surface area contributed by atoms with Gasteiger partial charge in [-0.15, -0.1) is 11.3 Å². The predicted octanol–water partition coefficient (Wildman–Crippen LogP) is 3.10. The van der Waals surface area contributed by atoms with Gasteiger partial charge in [0, 0.05) is 11.3 Å². The summed E-state index contributed by atoms with van der Waals surface area (Å²) in [4.78, 5) is 57.3. The first kappa shape index (κ1) is 25.2. The van der Waals surface area contributed by atoms with Crippen LogP contribution >= 0.6 is 11.3 Å². The summed E-state index contributed by atoms with van der Waals surface area (Å²) in [6, 6.07) is 11.2. The molecular formula is C26H24N4O7S. The molecule has 1 fully saturated rings. The number of hydrogen-bond donors (Lipinski definition) is 2. The SMILES string of the molecule is COC(=O)c1csc(NC(=O)[C@H]([C@H](C)c2ccccc2)N2C(=O)N[C@H](c3ccc4c(c3)OCCO4)C2=O)n1. The lowest BCUT2D eigenvalue weighted by atomic mass is 9.91. The number of imide groups is 1. The van der Waals surface area contributed by atoms with Crippen LogP contribution in [0.2, 0.25) is 0 Å². The lowest BCUT2D eigenvalue weighted by Gasteiger charge is -2.29. The molecule has 1 saturated heterocycles. The van der Waals surface area contributed by atoms with Gasteiger partial charge in [-0.25, -0.2) is 19.5 Å². The largest absolute Gasteiger partial charge is 0.486 e. The molecule has 2 aliphatic heterocycles. The van der Waals surface area contributed by atoms with Crippen LogP contribution in [0.15, 0.2) is 53.9 Å². The smallest absolute Gasteiger partial charge is 0.357 e. The Kier molecular flexibility index (Phi) is 6.97. The number of methoxy groups -OCH3 is 1. The zero-order valence-corrected chi connectivity index (χ0v) is 21.3. The number of hydrogen-bond acceptors (Lipinski definition) is 9. The summed E-state index contributed by atoms with van der Waals surface area (Å²) < 4.78 is 15.8. The van der Waals surface area contributed by atoms with Gasteiger partial charge in [0.2, 0.25) is 5.91 Å². The molecule has 38 heavy (non-hydrogen) atoms. The monoisotopic (exact) mass is 536 g/mol. The number of anilines is 1. The number of fused-ring (bicyclic) bond motifs is 1. The fourth-order valence-corrected chi connectivity index (χ4v) is 5.12. The van der Waals surface area contributed by atoms with Crippen LogP contribution < -0.4 is 20.1 Å². The summed E-state index contributed by atoms with van der Waals surface area (Å²) in [5, 5.41) is 6.93. The first-order valence-electron chi connectivity index (χ1n) is 11.8.